The molecule has 102 valence electrons. The molecule has 0 heterocycles. The second-order valence-corrected chi connectivity index (χ2v) is 3.95. The van der Waals surface area contributed by atoms with Crippen molar-refractivity contribution in [2.24, 2.45) is 5.73 Å². The lowest BCUT2D eigenvalue weighted by atomic mass is 10.3. The normalized spacial score (nSPS) is 11.4. The summed E-state index contributed by atoms with van der Waals surface area (Å²) in [4.78, 5) is 23.2. The number of para-hydroxylation sites is 2. The van der Waals surface area contributed by atoms with Crippen LogP contribution in [0, 0.1) is 0 Å². The van der Waals surface area contributed by atoms with E-state index in [1.54, 1.807) is 60.7 Å². The summed E-state index contributed by atoms with van der Waals surface area (Å²) in [6, 6.07) is 16.8. The van der Waals surface area contributed by atoms with Crippen LogP contribution in [0.15, 0.2) is 60.7 Å². The fourth-order valence-electron chi connectivity index (χ4n) is 1.52. The fraction of sp³-hybridized carbons (Fsp3) is 0.0667. The van der Waals surface area contributed by atoms with Crippen molar-refractivity contribution in [1.29, 1.82) is 0 Å². The summed E-state index contributed by atoms with van der Waals surface area (Å²) in [5.41, 5.74) is 5.17. The third-order valence-electron chi connectivity index (χ3n) is 2.43. The number of ether oxygens (including phenoxy) is 2. The van der Waals surface area contributed by atoms with Gasteiger partial charge in [-0.3, -0.25) is 4.79 Å². The van der Waals surface area contributed by atoms with E-state index >= 15 is 0 Å². The lowest BCUT2D eigenvalue weighted by Gasteiger charge is -2.14. The molecule has 5 nitrogen and oxygen atoms in total. The van der Waals surface area contributed by atoms with Gasteiger partial charge in [-0.1, -0.05) is 36.4 Å². The van der Waals surface area contributed by atoms with Crippen molar-refractivity contribution in [1.82, 2.24) is 0 Å². The van der Waals surface area contributed by atoms with Crippen LogP contribution in [0.1, 0.15) is 0 Å². The van der Waals surface area contributed by atoms with Gasteiger partial charge >= 0.3 is 5.97 Å². The average Bonchev–Trinajstić information content (AvgIpc) is 2.46. The van der Waals surface area contributed by atoms with Gasteiger partial charge in [0, 0.05) is 0 Å². The van der Waals surface area contributed by atoms with Crippen molar-refractivity contribution in [3.8, 4) is 11.5 Å². The number of hydrogen-bond donors (Lipinski definition) is 1. The number of carbonyl (C=O) groups is 2. The highest BCUT2D eigenvalue weighted by Gasteiger charge is 2.28. The van der Waals surface area contributed by atoms with E-state index in [1.807, 2.05) is 0 Å². The largest absolute Gasteiger partial charge is 0.469 e. The molecule has 0 spiro atoms. The van der Waals surface area contributed by atoms with Crippen LogP contribution in [0.25, 0.3) is 0 Å². The van der Waals surface area contributed by atoms with Gasteiger partial charge in [0.15, 0.2) is 0 Å². The maximum atomic E-state index is 11.9. The van der Waals surface area contributed by atoms with Gasteiger partial charge in [0.05, 0.1) is 0 Å². The Bertz CT molecular complexity index is 583. The number of hydrogen-bond acceptors (Lipinski definition) is 4. The number of amides is 1. The molecule has 0 fully saturated rings. The Morgan fingerprint density at radius 3 is 1.85 bits per heavy atom. The van der Waals surface area contributed by atoms with Crippen molar-refractivity contribution in [2.45, 2.75) is 6.10 Å². The quantitative estimate of drug-likeness (QED) is 0.508. The Morgan fingerprint density at radius 1 is 0.850 bits per heavy atom. The molecule has 0 saturated carbocycles. The molecule has 0 saturated heterocycles. The summed E-state index contributed by atoms with van der Waals surface area (Å²) >= 11 is 0. The SMILES string of the molecule is NC(=O)C(Oc1ccccc1)C(=O)Oc1ccccc1. The number of benzene rings is 2. The van der Waals surface area contributed by atoms with Gasteiger partial charge in [0.2, 0.25) is 0 Å². The molecule has 2 rings (SSSR count). The van der Waals surface area contributed by atoms with Crippen LogP contribution >= 0.6 is 0 Å². The van der Waals surface area contributed by atoms with Gasteiger partial charge in [0.1, 0.15) is 11.5 Å². The molecule has 0 bridgehead atoms. The topological polar surface area (TPSA) is 78.6 Å². The summed E-state index contributed by atoms with van der Waals surface area (Å²) in [5.74, 6) is -1.08. The second-order valence-electron chi connectivity index (χ2n) is 3.95. The Kier molecular flexibility index (Phi) is 4.34. The van der Waals surface area contributed by atoms with Crippen LogP contribution in [0.3, 0.4) is 0 Å². The Morgan fingerprint density at radius 2 is 1.35 bits per heavy atom. The average molecular weight is 271 g/mol. The summed E-state index contributed by atoms with van der Waals surface area (Å²) in [6.07, 6.45) is -1.49. The zero-order valence-corrected chi connectivity index (χ0v) is 10.6. The molecule has 0 aromatic heterocycles. The summed E-state index contributed by atoms with van der Waals surface area (Å²) in [6.45, 7) is 0. The zero-order chi connectivity index (χ0) is 14.4. The first-order valence-electron chi connectivity index (χ1n) is 5.94. The first kappa shape index (κ1) is 13.6. The maximum Gasteiger partial charge on any atom is 0.362 e. The van der Waals surface area contributed by atoms with E-state index < -0.39 is 18.0 Å². The van der Waals surface area contributed by atoms with E-state index in [1.165, 1.54) is 0 Å². The van der Waals surface area contributed by atoms with Crippen molar-refractivity contribution in [2.75, 3.05) is 0 Å². The minimum Gasteiger partial charge on any atom is -0.469 e. The number of rotatable bonds is 5. The minimum atomic E-state index is -1.49. The molecule has 2 aromatic carbocycles. The second kappa shape index (κ2) is 6.38. The van der Waals surface area contributed by atoms with Crippen LogP contribution in [0.4, 0.5) is 0 Å². The summed E-state index contributed by atoms with van der Waals surface area (Å²) in [7, 11) is 0. The van der Waals surface area contributed by atoms with Crippen molar-refractivity contribution in [3.05, 3.63) is 60.7 Å². The number of primary amides is 1. The Balaban J connectivity index is 2.09. The monoisotopic (exact) mass is 271 g/mol. The lowest BCUT2D eigenvalue weighted by Crippen LogP contribution is -2.43. The molecule has 0 aliphatic heterocycles. The molecular formula is C15H13NO4. The van der Waals surface area contributed by atoms with Crippen molar-refractivity contribution >= 4 is 11.9 Å². The predicted octanol–water partition coefficient (Wildman–Crippen LogP) is 1.52. The summed E-state index contributed by atoms with van der Waals surface area (Å²) < 4.78 is 10.3. The minimum absolute atomic E-state index is 0.320. The maximum absolute atomic E-state index is 11.9. The molecule has 20 heavy (non-hydrogen) atoms. The molecule has 0 aliphatic rings. The van der Waals surface area contributed by atoms with Crippen LogP contribution in [-0.2, 0) is 9.59 Å². The molecule has 2 aromatic rings. The molecule has 1 amide bonds. The van der Waals surface area contributed by atoms with Gasteiger partial charge in [-0.05, 0) is 24.3 Å². The van der Waals surface area contributed by atoms with Gasteiger partial charge in [-0.25, -0.2) is 4.79 Å². The van der Waals surface area contributed by atoms with E-state index in [2.05, 4.69) is 0 Å². The third kappa shape index (κ3) is 3.58. The Labute approximate surface area is 115 Å². The van der Waals surface area contributed by atoms with E-state index in [9.17, 15) is 9.59 Å². The summed E-state index contributed by atoms with van der Waals surface area (Å²) in [5, 5.41) is 0. The Hall–Kier alpha value is -2.82. The van der Waals surface area contributed by atoms with Gasteiger partial charge in [0.25, 0.3) is 12.0 Å². The lowest BCUT2D eigenvalue weighted by molar-refractivity contribution is -0.147. The molecule has 2 N–H and O–H groups in total. The van der Waals surface area contributed by atoms with Crippen LogP contribution in [0.2, 0.25) is 0 Å². The molecule has 0 aliphatic carbocycles. The standard InChI is InChI=1S/C15H13NO4/c16-14(17)13(19-11-7-3-1-4-8-11)15(18)20-12-9-5-2-6-10-12/h1-10,13H,(H2,16,17). The van der Waals surface area contributed by atoms with E-state index in [0.29, 0.717) is 11.5 Å². The third-order valence-corrected chi connectivity index (χ3v) is 2.43. The van der Waals surface area contributed by atoms with Gasteiger partial charge < -0.3 is 15.2 Å². The van der Waals surface area contributed by atoms with Gasteiger partial charge in [-0.15, -0.1) is 0 Å². The van der Waals surface area contributed by atoms with E-state index in [-0.39, 0.29) is 0 Å². The highest BCUT2D eigenvalue weighted by molar-refractivity contribution is 6.01. The van der Waals surface area contributed by atoms with Crippen LogP contribution in [0.5, 0.6) is 11.5 Å². The van der Waals surface area contributed by atoms with Crippen molar-refractivity contribution < 1.29 is 19.1 Å². The van der Waals surface area contributed by atoms with Crippen molar-refractivity contribution in [3.63, 3.8) is 0 Å². The van der Waals surface area contributed by atoms with Crippen LogP contribution < -0.4 is 15.2 Å². The fourth-order valence-corrected chi connectivity index (χ4v) is 1.52. The molecular weight excluding hydrogens is 258 g/mol. The van der Waals surface area contributed by atoms with E-state index in [4.69, 9.17) is 15.2 Å². The first-order chi connectivity index (χ1) is 9.66. The van der Waals surface area contributed by atoms with E-state index in [0.717, 1.165) is 0 Å². The predicted molar refractivity (Wildman–Crippen MR) is 72.1 cm³/mol. The zero-order valence-electron chi connectivity index (χ0n) is 10.6. The van der Waals surface area contributed by atoms with Gasteiger partial charge in [-0.2, -0.15) is 0 Å². The highest BCUT2D eigenvalue weighted by atomic mass is 16.6. The number of nitrogens with two attached hydrogens (primary N) is 1. The molecule has 1 unspecified atom stereocenters. The first-order valence-corrected chi connectivity index (χ1v) is 5.94. The smallest absolute Gasteiger partial charge is 0.362 e. The highest BCUT2D eigenvalue weighted by Crippen LogP contribution is 2.14. The number of esters is 1. The van der Waals surface area contributed by atoms with Crippen LogP contribution in [-0.4, -0.2) is 18.0 Å². The molecule has 0 radical (unpaired) electrons. The molecule has 1 atom stereocenters. The molecule has 5 heteroatoms. The number of carbonyl (C=O) groups excluding carboxylic acids is 2.